The third-order valence-electron chi connectivity index (χ3n) is 5.67. The van der Waals surface area contributed by atoms with E-state index in [2.05, 4.69) is 20.6 Å². The number of fused-ring (bicyclic) bond motifs is 2. The summed E-state index contributed by atoms with van der Waals surface area (Å²) in [6, 6.07) is 3.29. The number of ether oxygens (including phenoxy) is 1. The van der Waals surface area contributed by atoms with Crippen molar-refractivity contribution < 1.29 is 31.5 Å². The summed E-state index contributed by atoms with van der Waals surface area (Å²) in [5.41, 5.74) is -4.97. The number of nitrogens with zero attached hydrogens (tertiary/aromatic N) is 3. The van der Waals surface area contributed by atoms with E-state index in [9.17, 15) is 26.7 Å². The summed E-state index contributed by atoms with van der Waals surface area (Å²) in [5, 5.41) is 5.50. The molecule has 13 heteroatoms. The zero-order chi connectivity index (χ0) is 22.8. The Labute approximate surface area is 180 Å². The third-order valence-corrected chi connectivity index (χ3v) is 5.98. The van der Waals surface area contributed by atoms with Crippen molar-refractivity contribution in [3.05, 3.63) is 35.5 Å². The Morgan fingerprint density at radius 1 is 1.22 bits per heavy atom. The molecule has 32 heavy (non-hydrogen) atoms. The molecular formula is C19H17F5N5O2P. The van der Waals surface area contributed by atoms with Crippen LogP contribution >= 0.6 is 9.24 Å². The maximum Gasteiger partial charge on any atom is 0.416 e. The largest absolute Gasteiger partial charge is 0.434 e. The average molecular weight is 473 g/mol. The van der Waals surface area contributed by atoms with E-state index >= 15 is 0 Å². The number of amides is 1. The predicted octanol–water partition coefficient (Wildman–Crippen LogP) is 3.78. The van der Waals surface area contributed by atoms with Crippen molar-refractivity contribution >= 4 is 27.0 Å². The molecule has 3 aliphatic rings. The Morgan fingerprint density at radius 3 is 2.72 bits per heavy atom. The van der Waals surface area contributed by atoms with Crippen LogP contribution in [0.15, 0.2) is 24.4 Å². The smallest absolute Gasteiger partial charge is 0.416 e. The topological polar surface area (TPSA) is 79.4 Å². The van der Waals surface area contributed by atoms with Gasteiger partial charge in [-0.2, -0.15) is 22.0 Å². The minimum absolute atomic E-state index is 0.0306. The fourth-order valence-electron chi connectivity index (χ4n) is 4.16. The van der Waals surface area contributed by atoms with Crippen molar-refractivity contribution in [1.82, 2.24) is 15.3 Å². The fourth-order valence-corrected chi connectivity index (χ4v) is 4.39. The van der Waals surface area contributed by atoms with E-state index in [0.29, 0.717) is 13.1 Å². The molecule has 170 valence electrons. The number of nitrogens with one attached hydrogen (secondary N) is 2. The highest BCUT2D eigenvalue weighted by atomic mass is 31.0. The summed E-state index contributed by atoms with van der Waals surface area (Å²) in [6.07, 6.45) is -5.87. The van der Waals surface area contributed by atoms with Gasteiger partial charge in [0, 0.05) is 36.9 Å². The van der Waals surface area contributed by atoms with Crippen molar-refractivity contribution in [2.45, 2.75) is 36.4 Å². The number of piperazine rings is 1. The molecule has 1 amide bonds. The van der Waals surface area contributed by atoms with Gasteiger partial charge in [-0.25, -0.2) is 14.8 Å². The molecule has 4 heterocycles. The van der Waals surface area contributed by atoms with Crippen molar-refractivity contribution in [2.75, 3.05) is 23.3 Å². The number of hydrogen-bond donors (Lipinski definition) is 2. The van der Waals surface area contributed by atoms with Crippen molar-refractivity contribution in [3.63, 3.8) is 0 Å². The van der Waals surface area contributed by atoms with E-state index in [1.165, 1.54) is 21.5 Å². The fraction of sp³-hybridized carbons (Fsp3) is 0.421. The first-order valence-electron chi connectivity index (χ1n) is 9.75. The molecule has 0 spiro atoms. The van der Waals surface area contributed by atoms with Gasteiger partial charge < -0.3 is 15.0 Å². The van der Waals surface area contributed by atoms with Crippen molar-refractivity contribution in [1.29, 1.82) is 0 Å². The lowest BCUT2D eigenvalue weighted by Gasteiger charge is -2.31. The maximum atomic E-state index is 14.3. The quantitative estimate of drug-likeness (QED) is 0.522. The number of cyclic esters (lactones) is 1. The highest BCUT2D eigenvalue weighted by molar-refractivity contribution is 7.18. The van der Waals surface area contributed by atoms with Crippen LogP contribution in [0.25, 0.3) is 11.3 Å². The second kappa shape index (κ2) is 7.21. The van der Waals surface area contributed by atoms with E-state index < -0.39 is 29.6 Å². The van der Waals surface area contributed by atoms with Crippen LogP contribution in [0.4, 0.5) is 38.4 Å². The number of alkyl halides is 5. The van der Waals surface area contributed by atoms with E-state index in [1.54, 1.807) is 4.90 Å². The van der Waals surface area contributed by atoms with Gasteiger partial charge in [-0.05, 0) is 24.6 Å². The van der Waals surface area contributed by atoms with Crippen LogP contribution in [-0.2, 0) is 10.9 Å². The molecule has 1 saturated heterocycles. The molecule has 0 radical (unpaired) electrons. The summed E-state index contributed by atoms with van der Waals surface area (Å²) < 4.78 is 74.5. The number of hydrogen-bond acceptors (Lipinski definition) is 6. The van der Waals surface area contributed by atoms with Crippen LogP contribution in [0.5, 0.6) is 0 Å². The minimum Gasteiger partial charge on any atom is -0.434 e. The van der Waals surface area contributed by atoms with Crippen LogP contribution in [0, 0.1) is 0 Å². The van der Waals surface area contributed by atoms with Gasteiger partial charge in [-0.1, -0.05) is 9.24 Å². The Balaban J connectivity index is 1.68. The zero-order valence-corrected chi connectivity index (χ0v) is 17.4. The molecule has 4 atom stereocenters. The Hall–Kier alpha value is -2.59. The van der Waals surface area contributed by atoms with Crippen molar-refractivity contribution in [3.8, 4) is 11.3 Å². The van der Waals surface area contributed by atoms with Gasteiger partial charge in [0.2, 0.25) is 0 Å². The number of halogens is 5. The molecular weight excluding hydrogens is 456 g/mol. The van der Waals surface area contributed by atoms with Gasteiger partial charge in [0.05, 0.1) is 16.8 Å². The molecule has 3 unspecified atom stereocenters. The average Bonchev–Trinajstić information content (AvgIpc) is 3.50. The molecule has 2 aliphatic heterocycles. The number of anilines is 2. The van der Waals surface area contributed by atoms with E-state index in [-0.39, 0.29) is 40.5 Å². The number of carbonyl (C=O) groups excluding carboxylic acids is 1. The SMILES string of the molecule is O=C1Nc2nccc(-c3cc(C(F)(F)F)cc(N4CCNC5CC54)n3)c2[C@H](C(F)(F)P)O1. The Morgan fingerprint density at radius 2 is 2.00 bits per heavy atom. The number of rotatable bonds is 3. The molecule has 0 bridgehead atoms. The van der Waals surface area contributed by atoms with E-state index in [4.69, 9.17) is 4.74 Å². The number of pyridine rings is 2. The van der Waals surface area contributed by atoms with Crippen LogP contribution < -0.4 is 15.5 Å². The third kappa shape index (κ3) is 3.75. The highest BCUT2D eigenvalue weighted by Gasteiger charge is 2.47. The van der Waals surface area contributed by atoms with Gasteiger partial charge in [-0.3, -0.25) is 5.32 Å². The molecule has 7 nitrogen and oxygen atoms in total. The molecule has 1 aliphatic carbocycles. The van der Waals surface area contributed by atoms with Crippen LogP contribution in [0.1, 0.15) is 23.7 Å². The lowest BCUT2D eigenvalue weighted by molar-refractivity contribution is -0.137. The van der Waals surface area contributed by atoms with Gasteiger partial charge >= 0.3 is 12.3 Å². The van der Waals surface area contributed by atoms with E-state index in [1.807, 2.05) is 0 Å². The molecule has 2 aromatic rings. The lowest BCUT2D eigenvalue weighted by atomic mass is 9.98. The highest BCUT2D eigenvalue weighted by Crippen LogP contribution is 2.48. The molecule has 1 saturated carbocycles. The Bertz CT molecular complexity index is 1090. The maximum absolute atomic E-state index is 14.3. The summed E-state index contributed by atoms with van der Waals surface area (Å²) in [7, 11) is 1.29. The molecule has 0 aromatic carbocycles. The number of carbonyl (C=O) groups is 1. The first-order valence-corrected chi connectivity index (χ1v) is 10.3. The zero-order valence-electron chi connectivity index (χ0n) is 16.3. The number of aromatic nitrogens is 2. The normalized spacial score (nSPS) is 24.9. The Kier molecular flexibility index (Phi) is 4.79. The molecule has 5 rings (SSSR count). The van der Waals surface area contributed by atoms with Crippen LogP contribution in [0.2, 0.25) is 0 Å². The van der Waals surface area contributed by atoms with Crippen LogP contribution in [-0.4, -0.2) is 46.9 Å². The summed E-state index contributed by atoms with van der Waals surface area (Å²) in [6.45, 7) is 1.06. The van der Waals surface area contributed by atoms with Gasteiger partial charge in [0.25, 0.3) is 5.66 Å². The first kappa shape index (κ1) is 21.3. The summed E-state index contributed by atoms with van der Waals surface area (Å²) in [5.74, 6) is -0.0969. The second-order valence-corrected chi connectivity index (χ2v) is 8.63. The van der Waals surface area contributed by atoms with Gasteiger partial charge in [-0.15, -0.1) is 0 Å². The van der Waals surface area contributed by atoms with Crippen LogP contribution in [0.3, 0.4) is 0 Å². The monoisotopic (exact) mass is 473 g/mol. The minimum atomic E-state index is -4.68. The first-order chi connectivity index (χ1) is 15.0. The standard InChI is InChI=1S/C19H17F5N5O2P/c20-18(21,22)8-5-10(27-13(6-8)29-4-3-25-11-7-12(11)29)9-1-2-26-16-14(9)15(19(23,24)32)31-17(30)28-16/h1-2,5-6,11-12,15,25H,3-4,7,32H2,(H,26,28,30)/t11?,12?,15-/m1/s1. The second-order valence-electron chi connectivity index (χ2n) is 7.86. The van der Waals surface area contributed by atoms with Gasteiger partial charge in [0.1, 0.15) is 11.6 Å². The van der Waals surface area contributed by atoms with Gasteiger partial charge in [0.15, 0.2) is 6.10 Å². The summed E-state index contributed by atoms with van der Waals surface area (Å²) >= 11 is 0. The molecule has 2 fully saturated rings. The lowest BCUT2D eigenvalue weighted by Crippen LogP contribution is -2.44. The predicted molar refractivity (Wildman–Crippen MR) is 108 cm³/mol. The van der Waals surface area contributed by atoms with E-state index in [0.717, 1.165) is 18.6 Å². The molecule has 2 aromatic heterocycles. The van der Waals surface area contributed by atoms with Crippen molar-refractivity contribution in [2.24, 2.45) is 0 Å². The molecule has 2 N–H and O–H groups in total. The summed E-state index contributed by atoms with van der Waals surface area (Å²) in [4.78, 5) is 21.8.